The van der Waals surface area contributed by atoms with E-state index in [0.717, 1.165) is 10.9 Å². The zero-order valence-electron chi connectivity index (χ0n) is 9.54. The summed E-state index contributed by atoms with van der Waals surface area (Å²) in [5.74, 6) is -0.249. The van der Waals surface area contributed by atoms with Gasteiger partial charge in [-0.15, -0.1) is 0 Å². The van der Waals surface area contributed by atoms with Crippen LogP contribution in [0.4, 0.5) is 4.39 Å². The molecule has 1 aromatic carbocycles. The molecule has 0 heterocycles. The maximum atomic E-state index is 13.5. The second-order valence-corrected chi connectivity index (χ2v) is 4.81. The quantitative estimate of drug-likeness (QED) is 0.902. The van der Waals surface area contributed by atoms with Crippen LogP contribution in [0.1, 0.15) is 31.4 Å². The molecule has 2 atom stereocenters. The van der Waals surface area contributed by atoms with Crippen molar-refractivity contribution in [1.82, 2.24) is 0 Å². The number of hydrogen-bond donors (Lipinski definition) is 1. The van der Waals surface area contributed by atoms with Crippen molar-refractivity contribution >= 4 is 15.9 Å². The third kappa shape index (κ3) is 3.85. The first kappa shape index (κ1) is 13.6. The Labute approximate surface area is 104 Å². The Balaban J connectivity index is 2.65. The van der Waals surface area contributed by atoms with Gasteiger partial charge in [0.1, 0.15) is 5.82 Å². The summed E-state index contributed by atoms with van der Waals surface area (Å²) in [6, 6.07) is 4.55. The lowest BCUT2D eigenvalue weighted by Gasteiger charge is -2.15. The van der Waals surface area contributed by atoms with Crippen LogP contribution in [0.15, 0.2) is 22.7 Å². The Morgan fingerprint density at radius 1 is 1.44 bits per heavy atom. The Hall–Kier alpha value is -0.450. The van der Waals surface area contributed by atoms with Crippen molar-refractivity contribution in [1.29, 1.82) is 0 Å². The van der Waals surface area contributed by atoms with Crippen molar-refractivity contribution in [3.05, 3.63) is 34.1 Å². The minimum atomic E-state index is -0.282. The van der Waals surface area contributed by atoms with E-state index in [4.69, 9.17) is 10.5 Å². The van der Waals surface area contributed by atoms with Crippen LogP contribution in [0.2, 0.25) is 0 Å². The number of hydrogen-bond acceptors (Lipinski definition) is 2. The van der Waals surface area contributed by atoms with Gasteiger partial charge >= 0.3 is 0 Å². The summed E-state index contributed by atoms with van der Waals surface area (Å²) in [6.07, 6.45) is 1.69. The second-order valence-electron chi connectivity index (χ2n) is 3.90. The number of nitrogens with two attached hydrogens (primary N) is 1. The molecule has 0 saturated carbocycles. The van der Waals surface area contributed by atoms with Gasteiger partial charge < -0.3 is 10.5 Å². The molecule has 0 radical (unpaired) electrons. The molecular formula is C12H17BrFNO. The molecule has 0 bridgehead atoms. The lowest BCUT2D eigenvalue weighted by atomic mass is 10.0. The Bertz CT molecular complexity index is 346. The summed E-state index contributed by atoms with van der Waals surface area (Å²) < 4.78 is 19.5. The summed E-state index contributed by atoms with van der Waals surface area (Å²) in [7, 11) is 1.66. The summed E-state index contributed by atoms with van der Waals surface area (Å²) >= 11 is 3.31. The molecule has 0 amide bonds. The van der Waals surface area contributed by atoms with Crippen molar-refractivity contribution < 1.29 is 9.13 Å². The van der Waals surface area contributed by atoms with Gasteiger partial charge in [-0.05, 0) is 38.0 Å². The highest BCUT2D eigenvalue weighted by Gasteiger charge is 2.13. The molecular weight excluding hydrogens is 273 g/mol. The standard InChI is InChI=1S/C12H17BrFNO/c1-8(16-2)3-6-12(15)10-7-9(13)4-5-11(10)14/h4-5,7-8,12H,3,6,15H2,1-2H3. The van der Waals surface area contributed by atoms with Crippen LogP contribution in [-0.4, -0.2) is 13.2 Å². The predicted molar refractivity (Wildman–Crippen MR) is 66.7 cm³/mol. The Morgan fingerprint density at radius 2 is 2.12 bits per heavy atom. The van der Waals surface area contributed by atoms with E-state index in [9.17, 15) is 4.39 Å². The third-order valence-corrected chi connectivity index (χ3v) is 3.14. The number of rotatable bonds is 5. The molecule has 0 aliphatic carbocycles. The van der Waals surface area contributed by atoms with Crippen LogP contribution < -0.4 is 5.73 Å². The van der Waals surface area contributed by atoms with Gasteiger partial charge in [-0.2, -0.15) is 0 Å². The molecule has 1 rings (SSSR count). The molecule has 2 unspecified atom stereocenters. The van der Waals surface area contributed by atoms with Crippen LogP contribution in [0.25, 0.3) is 0 Å². The number of ether oxygens (including phenoxy) is 1. The van der Waals surface area contributed by atoms with Crippen LogP contribution in [0, 0.1) is 5.82 Å². The minimum Gasteiger partial charge on any atom is -0.382 e. The van der Waals surface area contributed by atoms with Gasteiger partial charge in [0.15, 0.2) is 0 Å². The zero-order chi connectivity index (χ0) is 12.1. The first-order valence-electron chi connectivity index (χ1n) is 5.28. The highest BCUT2D eigenvalue weighted by Crippen LogP contribution is 2.23. The van der Waals surface area contributed by atoms with E-state index in [0.29, 0.717) is 12.0 Å². The maximum Gasteiger partial charge on any atom is 0.128 e. The van der Waals surface area contributed by atoms with E-state index in [1.165, 1.54) is 6.07 Å². The van der Waals surface area contributed by atoms with Crippen LogP contribution in [0.5, 0.6) is 0 Å². The maximum absolute atomic E-state index is 13.5. The largest absolute Gasteiger partial charge is 0.382 e. The van der Waals surface area contributed by atoms with Crippen molar-refractivity contribution in [2.45, 2.75) is 31.9 Å². The van der Waals surface area contributed by atoms with Crippen LogP contribution in [0.3, 0.4) is 0 Å². The first-order valence-corrected chi connectivity index (χ1v) is 6.07. The lowest BCUT2D eigenvalue weighted by Crippen LogP contribution is -2.15. The molecule has 16 heavy (non-hydrogen) atoms. The summed E-state index contributed by atoms with van der Waals surface area (Å²) in [4.78, 5) is 0. The summed E-state index contributed by atoms with van der Waals surface area (Å²) in [5, 5.41) is 0. The number of methoxy groups -OCH3 is 1. The average molecular weight is 290 g/mol. The fourth-order valence-corrected chi connectivity index (χ4v) is 1.87. The Kier molecular flexibility index (Phi) is 5.38. The molecule has 0 saturated heterocycles. The molecule has 0 aromatic heterocycles. The van der Waals surface area contributed by atoms with Crippen LogP contribution >= 0.6 is 15.9 Å². The van der Waals surface area contributed by atoms with Crippen molar-refractivity contribution in [2.75, 3.05) is 7.11 Å². The molecule has 90 valence electrons. The van der Waals surface area contributed by atoms with E-state index in [-0.39, 0.29) is 18.0 Å². The molecule has 0 aliphatic rings. The average Bonchev–Trinajstić information content (AvgIpc) is 2.28. The van der Waals surface area contributed by atoms with Crippen molar-refractivity contribution in [3.8, 4) is 0 Å². The molecule has 2 nitrogen and oxygen atoms in total. The molecule has 4 heteroatoms. The van der Waals surface area contributed by atoms with E-state index in [1.807, 2.05) is 6.92 Å². The molecule has 2 N–H and O–H groups in total. The highest BCUT2D eigenvalue weighted by atomic mass is 79.9. The van der Waals surface area contributed by atoms with E-state index in [1.54, 1.807) is 19.2 Å². The van der Waals surface area contributed by atoms with E-state index in [2.05, 4.69) is 15.9 Å². The zero-order valence-corrected chi connectivity index (χ0v) is 11.1. The normalized spacial score (nSPS) is 14.8. The highest BCUT2D eigenvalue weighted by molar-refractivity contribution is 9.10. The molecule has 0 spiro atoms. The monoisotopic (exact) mass is 289 g/mol. The van der Waals surface area contributed by atoms with Crippen molar-refractivity contribution in [3.63, 3.8) is 0 Å². The topological polar surface area (TPSA) is 35.2 Å². The second kappa shape index (κ2) is 6.33. The van der Waals surface area contributed by atoms with Gasteiger partial charge in [0.05, 0.1) is 6.10 Å². The van der Waals surface area contributed by atoms with Gasteiger partial charge in [-0.25, -0.2) is 4.39 Å². The summed E-state index contributed by atoms with van der Waals surface area (Å²) in [5.41, 5.74) is 6.50. The predicted octanol–water partition coefficient (Wildman–Crippen LogP) is 3.40. The fourth-order valence-electron chi connectivity index (χ4n) is 1.49. The molecule has 0 fully saturated rings. The van der Waals surface area contributed by atoms with Gasteiger partial charge in [-0.3, -0.25) is 0 Å². The van der Waals surface area contributed by atoms with Gasteiger partial charge in [0, 0.05) is 23.2 Å². The van der Waals surface area contributed by atoms with Crippen molar-refractivity contribution in [2.24, 2.45) is 5.73 Å². The Morgan fingerprint density at radius 3 is 2.75 bits per heavy atom. The SMILES string of the molecule is COC(C)CCC(N)c1cc(Br)ccc1F. The molecule has 0 aliphatic heterocycles. The number of halogens is 2. The number of benzene rings is 1. The fraction of sp³-hybridized carbons (Fsp3) is 0.500. The van der Waals surface area contributed by atoms with E-state index >= 15 is 0 Å². The summed E-state index contributed by atoms with van der Waals surface area (Å²) in [6.45, 7) is 1.98. The molecule has 1 aromatic rings. The van der Waals surface area contributed by atoms with E-state index < -0.39 is 0 Å². The lowest BCUT2D eigenvalue weighted by molar-refractivity contribution is 0.107. The van der Waals surface area contributed by atoms with Gasteiger partial charge in [0.2, 0.25) is 0 Å². The van der Waals surface area contributed by atoms with Gasteiger partial charge in [0.25, 0.3) is 0 Å². The first-order chi connectivity index (χ1) is 7.54. The smallest absolute Gasteiger partial charge is 0.128 e. The van der Waals surface area contributed by atoms with Gasteiger partial charge in [-0.1, -0.05) is 15.9 Å². The third-order valence-electron chi connectivity index (χ3n) is 2.64. The minimum absolute atomic E-state index is 0.154. The van der Waals surface area contributed by atoms with Crippen LogP contribution in [-0.2, 0) is 4.74 Å².